The van der Waals surface area contributed by atoms with Crippen molar-refractivity contribution in [2.45, 2.75) is 37.8 Å². The summed E-state index contributed by atoms with van der Waals surface area (Å²) >= 11 is 0. The average Bonchev–Trinajstić information content (AvgIpc) is 3.57. The Labute approximate surface area is 210 Å². The molecule has 0 radical (unpaired) electrons. The zero-order valence-corrected chi connectivity index (χ0v) is 20.8. The molecule has 2 aromatic carbocycles. The summed E-state index contributed by atoms with van der Waals surface area (Å²) in [6.45, 7) is 3.50. The Morgan fingerprint density at radius 1 is 1.03 bits per heavy atom. The molecule has 2 aromatic heterocycles. The van der Waals surface area contributed by atoms with Crippen LogP contribution in [0.5, 0.6) is 0 Å². The van der Waals surface area contributed by atoms with E-state index in [1.165, 1.54) is 12.1 Å². The Morgan fingerprint density at radius 3 is 2.56 bits per heavy atom. The van der Waals surface area contributed by atoms with E-state index in [4.69, 9.17) is 4.42 Å². The summed E-state index contributed by atoms with van der Waals surface area (Å²) < 4.78 is 36.5. The van der Waals surface area contributed by atoms with Gasteiger partial charge in [0.05, 0.1) is 17.8 Å². The zero-order valence-electron chi connectivity index (χ0n) is 20.0. The Morgan fingerprint density at radius 2 is 1.83 bits per heavy atom. The number of hydrogen-bond acceptors (Lipinski definition) is 6. The predicted octanol–water partition coefficient (Wildman–Crippen LogP) is 4.27. The number of amides is 1. The smallest absolute Gasteiger partial charge is 0.261 e. The van der Waals surface area contributed by atoms with Gasteiger partial charge in [0, 0.05) is 48.8 Å². The number of para-hydroxylation sites is 1. The molecule has 2 heterocycles. The highest BCUT2D eigenvalue weighted by atomic mass is 32.2. The molecule has 4 rings (SSSR count). The Kier molecular flexibility index (Phi) is 8.06. The Hall–Kier alpha value is -4.05. The lowest BCUT2D eigenvalue weighted by molar-refractivity contribution is 0.0952. The summed E-state index contributed by atoms with van der Waals surface area (Å²) in [6.07, 6.45) is 6.77. The number of carbonyl (C=O) groups is 1. The second-order valence-electron chi connectivity index (χ2n) is 8.20. The molecule has 1 amide bonds. The maximum Gasteiger partial charge on any atom is 0.261 e. The molecule has 3 N–H and O–H groups in total. The van der Waals surface area contributed by atoms with Crippen LogP contribution >= 0.6 is 0 Å². The normalized spacial score (nSPS) is 11.2. The summed E-state index contributed by atoms with van der Waals surface area (Å²) in [5, 5.41) is 6.05. The van der Waals surface area contributed by atoms with Crippen LogP contribution in [-0.2, 0) is 29.5 Å². The number of nitrogens with one attached hydrogen (secondary N) is 3. The molecule has 0 saturated carbocycles. The van der Waals surface area contributed by atoms with Crippen LogP contribution in [0.25, 0.3) is 0 Å². The number of hydrogen-bond donors (Lipinski definition) is 3. The van der Waals surface area contributed by atoms with Crippen molar-refractivity contribution in [1.29, 1.82) is 0 Å². The standard InChI is InChI=1S/C26H29N5O4S/c1-2-23-9-10-24(35-23)18-29-22-15-20(26(32)28-11-6-13-31-14-12-27-19-31)16-25(17-22)36(33,34)30-21-7-4-3-5-8-21/h3-5,7-10,12,14-17,19,29-30H,2,6,11,13,18H2,1H3,(H,28,32). The number of sulfonamides is 1. The van der Waals surface area contributed by atoms with E-state index in [1.54, 1.807) is 48.9 Å². The van der Waals surface area contributed by atoms with Crippen molar-refractivity contribution in [2.24, 2.45) is 0 Å². The molecule has 188 valence electrons. The van der Waals surface area contributed by atoms with Gasteiger partial charge in [0.25, 0.3) is 15.9 Å². The second kappa shape index (κ2) is 11.6. The maximum atomic E-state index is 13.1. The monoisotopic (exact) mass is 507 g/mol. The molecule has 0 aliphatic rings. The van der Waals surface area contributed by atoms with E-state index in [2.05, 4.69) is 20.3 Å². The Bertz CT molecular complexity index is 1380. The molecule has 0 aliphatic carbocycles. The first kappa shape index (κ1) is 25.1. The lowest BCUT2D eigenvalue weighted by Gasteiger charge is -2.13. The van der Waals surface area contributed by atoms with Gasteiger partial charge in [0.15, 0.2) is 0 Å². The van der Waals surface area contributed by atoms with Gasteiger partial charge in [-0.3, -0.25) is 9.52 Å². The molecule has 0 unspecified atom stereocenters. The summed E-state index contributed by atoms with van der Waals surface area (Å²) in [5.41, 5.74) is 1.16. The summed E-state index contributed by atoms with van der Waals surface area (Å²) in [5.74, 6) is 1.23. The molecule has 0 saturated heterocycles. The zero-order chi connectivity index (χ0) is 25.4. The third-order valence-corrected chi connectivity index (χ3v) is 6.84. The fraction of sp³-hybridized carbons (Fsp3) is 0.231. The fourth-order valence-corrected chi connectivity index (χ4v) is 4.72. The van der Waals surface area contributed by atoms with Crippen molar-refractivity contribution in [2.75, 3.05) is 16.6 Å². The first-order valence-corrected chi connectivity index (χ1v) is 13.2. The third-order valence-electron chi connectivity index (χ3n) is 5.48. The highest BCUT2D eigenvalue weighted by Crippen LogP contribution is 2.23. The lowest BCUT2D eigenvalue weighted by atomic mass is 10.2. The molecule has 36 heavy (non-hydrogen) atoms. The van der Waals surface area contributed by atoms with Gasteiger partial charge < -0.3 is 19.6 Å². The topological polar surface area (TPSA) is 118 Å². The minimum atomic E-state index is -3.93. The van der Waals surface area contributed by atoms with Crippen molar-refractivity contribution in [3.8, 4) is 0 Å². The minimum Gasteiger partial charge on any atom is -0.464 e. The second-order valence-corrected chi connectivity index (χ2v) is 9.89. The van der Waals surface area contributed by atoms with Crippen molar-refractivity contribution in [1.82, 2.24) is 14.9 Å². The van der Waals surface area contributed by atoms with Crippen LogP contribution in [0.3, 0.4) is 0 Å². The molecular formula is C26H29N5O4S. The fourth-order valence-electron chi connectivity index (χ4n) is 3.59. The first-order chi connectivity index (χ1) is 17.4. The predicted molar refractivity (Wildman–Crippen MR) is 138 cm³/mol. The van der Waals surface area contributed by atoms with Crippen LogP contribution < -0.4 is 15.4 Å². The molecule has 0 bridgehead atoms. The van der Waals surface area contributed by atoms with E-state index in [9.17, 15) is 13.2 Å². The third kappa shape index (κ3) is 6.76. The summed E-state index contributed by atoms with van der Waals surface area (Å²) in [6, 6.07) is 16.9. The number of nitrogens with zero attached hydrogens (tertiary/aromatic N) is 2. The van der Waals surface area contributed by atoms with E-state index < -0.39 is 10.0 Å². The maximum absolute atomic E-state index is 13.1. The van der Waals surface area contributed by atoms with E-state index in [0.29, 0.717) is 43.2 Å². The van der Waals surface area contributed by atoms with Crippen LogP contribution in [0.2, 0.25) is 0 Å². The highest BCUT2D eigenvalue weighted by molar-refractivity contribution is 7.92. The van der Waals surface area contributed by atoms with Gasteiger partial charge in [-0.25, -0.2) is 13.4 Å². The van der Waals surface area contributed by atoms with Crippen molar-refractivity contribution in [3.63, 3.8) is 0 Å². The number of aryl methyl sites for hydroxylation is 2. The summed E-state index contributed by atoms with van der Waals surface area (Å²) in [7, 11) is -3.93. The van der Waals surface area contributed by atoms with Crippen LogP contribution in [0.1, 0.15) is 35.2 Å². The SMILES string of the molecule is CCc1ccc(CNc2cc(C(=O)NCCCn3ccnc3)cc(S(=O)(=O)Nc3ccccc3)c2)o1. The molecule has 0 aliphatic heterocycles. The van der Waals surface area contributed by atoms with E-state index in [1.807, 2.05) is 29.8 Å². The molecule has 0 spiro atoms. The number of carbonyl (C=O) groups excluding carboxylic acids is 1. The quantitative estimate of drug-likeness (QED) is 0.247. The minimum absolute atomic E-state index is 0.0198. The van der Waals surface area contributed by atoms with Crippen LogP contribution in [0.15, 0.2) is 88.7 Å². The number of benzene rings is 2. The van der Waals surface area contributed by atoms with Gasteiger partial charge in [0.2, 0.25) is 0 Å². The van der Waals surface area contributed by atoms with Gasteiger partial charge in [-0.1, -0.05) is 25.1 Å². The number of furan rings is 1. The number of rotatable bonds is 12. The first-order valence-electron chi connectivity index (χ1n) is 11.7. The lowest BCUT2D eigenvalue weighted by Crippen LogP contribution is -2.26. The number of aromatic nitrogens is 2. The van der Waals surface area contributed by atoms with Crippen molar-refractivity contribution < 1.29 is 17.6 Å². The molecule has 9 nitrogen and oxygen atoms in total. The van der Waals surface area contributed by atoms with E-state index in [-0.39, 0.29) is 16.4 Å². The van der Waals surface area contributed by atoms with Crippen LogP contribution in [0, 0.1) is 0 Å². The van der Waals surface area contributed by atoms with Gasteiger partial charge in [-0.05, 0) is 48.9 Å². The molecule has 4 aromatic rings. The molecule has 10 heteroatoms. The molecule has 0 atom stereocenters. The summed E-state index contributed by atoms with van der Waals surface area (Å²) in [4.78, 5) is 16.9. The van der Waals surface area contributed by atoms with Crippen molar-refractivity contribution >= 4 is 27.3 Å². The van der Waals surface area contributed by atoms with Crippen LogP contribution in [-0.4, -0.2) is 30.4 Å². The van der Waals surface area contributed by atoms with Gasteiger partial charge in [-0.2, -0.15) is 0 Å². The van der Waals surface area contributed by atoms with Gasteiger partial charge >= 0.3 is 0 Å². The van der Waals surface area contributed by atoms with Gasteiger partial charge in [-0.15, -0.1) is 0 Å². The Balaban J connectivity index is 1.52. The number of imidazole rings is 1. The number of anilines is 2. The van der Waals surface area contributed by atoms with Crippen LogP contribution in [0.4, 0.5) is 11.4 Å². The average molecular weight is 508 g/mol. The van der Waals surface area contributed by atoms with Gasteiger partial charge in [0.1, 0.15) is 11.5 Å². The largest absolute Gasteiger partial charge is 0.464 e. The molecular weight excluding hydrogens is 478 g/mol. The van der Waals surface area contributed by atoms with E-state index >= 15 is 0 Å². The van der Waals surface area contributed by atoms with Crippen molar-refractivity contribution in [3.05, 3.63) is 96.5 Å². The highest BCUT2D eigenvalue weighted by Gasteiger charge is 2.19. The molecule has 0 fully saturated rings. The van der Waals surface area contributed by atoms with E-state index in [0.717, 1.165) is 12.2 Å².